The molecule has 0 atom stereocenters. The highest BCUT2D eigenvalue weighted by molar-refractivity contribution is 5.99. The predicted molar refractivity (Wildman–Crippen MR) is 111 cm³/mol. The zero-order valence-corrected chi connectivity index (χ0v) is 16.3. The molecule has 0 fully saturated rings. The van der Waals surface area contributed by atoms with Crippen molar-refractivity contribution >= 4 is 34.8 Å². The molecule has 3 rings (SSSR count). The van der Waals surface area contributed by atoms with Crippen LogP contribution >= 0.6 is 0 Å². The molecule has 0 aliphatic heterocycles. The Kier molecular flexibility index (Phi) is 5.68. The summed E-state index contributed by atoms with van der Waals surface area (Å²) in [5.41, 5.74) is 7.65. The highest BCUT2D eigenvalue weighted by Gasteiger charge is 2.16. The maximum Gasteiger partial charge on any atom is 0.253 e. The molecule has 3 aromatic rings. The molecule has 2 heterocycles. The topological polar surface area (TPSA) is 117 Å². The van der Waals surface area contributed by atoms with Crippen molar-refractivity contribution in [3.63, 3.8) is 0 Å². The molecule has 0 bridgehead atoms. The molecule has 148 valence electrons. The van der Waals surface area contributed by atoms with Gasteiger partial charge in [0.2, 0.25) is 0 Å². The van der Waals surface area contributed by atoms with Crippen LogP contribution < -0.4 is 16.0 Å². The fourth-order valence-corrected chi connectivity index (χ4v) is 2.69. The van der Waals surface area contributed by atoms with E-state index in [2.05, 4.69) is 20.3 Å². The number of aromatic nitrogens is 3. The van der Waals surface area contributed by atoms with Gasteiger partial charge in [-0.05, 0) is 30.3 Å². The lowest BCUT2D eigenvalue weighted by Crippen LogP contribution is -2.21. The van der Waals surface area contributed by atoms with Gasteiger partial charge in [0, 0.05) is 50.9 Å². The number of hydrogen-bond donors (Lipinski definition) is 2. The fourth-order valence-electron chi connectivity index (χ4n) is 2.69. The summed E-state index contributed by atoms with van der Waals surface area (Å²) in [6, 6.07) is 10.5. The van der Waals surface area contributed by atoms with Gasteiger partial charge in [-0.3, -0.25) is 9.59 Å². The van der Waals surface area contributed by atoms with Crippen LogP contribution in [0.15, 0.2) is 55.1 Å². The lowest BCUT2D eigenvalue weighted by atomic mass is 10.1. The smallest absolute Gasteiger partial charge is 0.253 e. The molecule has 9 heteroatoms. The van der Waals surface area contributed by atoms with E-state index in [0.717, 1.165) is 5.69 Å². The van der Waals surface area contributed by atoms with Crippen LogP contribution in [0.5, 0.6) is 0 Å². The number of nitrogens with zero attached hydrogens (tertiary/aromatic N) is 5. The third-order valence-corrected chi connectivity index (χ3v) is 4.23. The Hall–Kier alpha value is -4.01. The van der Waals surface area contributed by atoms with Crippen LogP contribution in [0.25, 0.3) is 0 Å². The molecule has 29 heavy (non-hydrogen) atoms. The molecular formula is C20H21N7O2. The summed E-state index contributed by atoms with van der Waals surface area (Å²) >= 11 is 0. The van der Waals surface area contributed by atoms with Gasteiger partial charge in [-0.15, -0.1) is 0 Å². The summed E-state index contributed by atoms with van der Waals surface area (Å²) in [6.07, 6.45) is 4.45. The highest BCUT2D eigenvalue weighted by Crippen LogP contribution is 2.28. The van der Waals surface area contributed by atoms with E-state index in [1.54, 1.807) is 68.6 Å². The number of amides is 2. The van der Waals surface area contributed by atoms with Gasteiger partial charge in [0.1, 0.15) is 18.0 Å². The van der Waals surface area contributed by atoms with Crippen LogP contribution in [0.3, 0.4) is 0 Å². The number of benzene rings is 1. The summed E-state index contributed by atoms with van der Waals surface area (Å²) in [5, 5.41) is 3.16. The molecule has 0 saturated heterocycles. The van der Waals surface area contributed by atoms with Crippen LogP contribution in [-0.2, 0) is 0 Å². The number of carbonyl (C=O) groups is 2. The van der Waals surface area contributed by atoms with Crippen molar-refractivity contribution in [3.8, 4) is 0 Å². The first-order valence-corrected chi connectivity index (χ1v) is 8.75. The van der Waals surface area contributed by atoms with Gasteiger partial charge in [-0.2, -0.15) is 0 Å². The van der Waals surface area contributed by atoms with Crippen molar-refractivity contribution in [2.45, 2.75) is 0 Å². The molecular weight excluding hydrogens is 370 g/mol. The minimum absolute atomic E-state index is 0.0748. The van der Waals surface area contributed by atoms with Gasteiger partial charge in [0.05, 0.1) is 11.3 Å². The minimum atomic E-state index is -0.591. The number of nitrogens with two attached hydrogens (primary N) is 1. The minimum Gasteiger partial charge on any atom is -0.365 e. The quantitative estimate of drug-likeness (QED) is 0.661. The molecule has 3 N–H and O–H groups in total. The van der Waals surface area contributed by atoms with E-state index < -0.39 is 5.91 Å². The van der Waals surface area contributed by atoms with Crippen LogP contribution in [0.2, 0.25) is 0 Å². The first-order chi connectivity index (χ1) is 13.9. The Morgan fingerprint density at radius 2 is 1.76 bits per heavy atom. The van der Waals surface area contributed by atoms with E-state index in [0.29, 0.717) is 22.9 Å². The second kappa shape index (κ2) is 8.34. The maximum absolute atomic E-state index is 12.0. The molecule has 0 spiro atoms. The van der Waals surface area contributed by atoms with E-state index in [9.17, 15) is 9.59 Å². The van der Waals surface area contributed by atoms with E-state index in [-0.39, 0.29) is 11.5 Å². The Bertz CT molecular complexity index is 1020. The number of pyridine rings is 1. The van der Waals surface area contributed by atoms with Crippen molar-refractivity contribution in [2.24, 2.45) is 5.73 Å². The summed E-state index contributed by atoms with van der Waals surface area (Å²) in [6.45, 7) is 0. The molecule has 1 aromatic carbocycles. The Labute approximate surface area is 168 Å². The zero-order chi connectivity index (χ0) is 21.0. The van der Waals surface area contributed by atoms with Gasteiger partial charge in [0.15, 0.2) is 0 Å². The number of carbonyl (C=O) groups excluding carboxylic acids is 2. The number of primary amides is 1. The normalized spacial score (nSPS) is 10.3. The average molecular weight is 391 g/mol. The highest BCUT2D eigenvalue weighted by atomic mass is 16.2. The van der Waals surface area contributed by atoms with E-state index >= 15 is 0 Å². The number of rotatable bonds is 6. The molecule has 0 radical (unpaired) electrons. The largest absolute Gasteiger partial charge is 0.365 e. The van der Waals surface area contributed by atoms with Crippen LogP contribution in [0.1, 0.15) is 20.7 Å². The number of nitrogens with one attached hydrogen (secondary N) is 1. The van der Waals surface area contributed by atoms with Gasteiger partial charge >= 0.3 is 0 Å². The summed E-state index contributed by atoms with van der Waals surface area (Å²) in [7, 11) is 5.18. The summed E-state index contributed by atoms with van der Waals surface area (Å²) in [4.78, 5) is 39.5. The van der Waals surface area contributed by atoms with Crippen molar-refractivity contribution in [1.29, 1.82) is 0 Å². The first-order valence-electron chi connectivity index (χ1n) is 8.75. The standard InChI is InChI=1S/C20H21N7O2/c1-26(2)20(29)13-4-6-14(7-5-13)25-17-10-16(15(11-23-17)19(21)28)27(3)18-8-9-22-12-24-18/h4-12H,1-3H3,(H2,21,28)(H,23,25). The van der Waals surface area contributed by atoms with Gasteiger partial charge < -0.3 is 20.9 Å². The average Bonchev–Trinajstić information content (AvgIpc) is 2.73. The van der Waals surface area contributed by atoms with Gasteiger partial charge in [0.25, 0.3) is 11.8 Å². The lowest BCUT2D eigenvalue weighted by molar-refractivity contribution is 0.0827. The van der Waals surface area contributed by atoms with Gasteiger partial charge in [-0.1, -0.05) is 0 Å². The van der Waals surface area contributed by atoms with Gasteiger partial charge in [-0.25, -0.2) is 15.0 Å². The molecule has 0 unspecified atom stereocenters. The third-order valence-electron chi connectivity index (χ3n) is 4.23. The first kappa shape index (κ1) is 19.7. The second-order valence-electron chi connectivity index (χ2n) is 6.48. The number of hydrogen-bond acceptors (Lipinski definition) is 7. The van der Waals surface area contributed by atoms with Crippen LogP contribution in [0.4, 0.5) is 23.0 Å². The summed E-state index contributed by atoms with van der Waals surface area (Å²) < 4.78 is 0. The SMILES string of the molecule is CN(C)C(=O)c1ccc(Nc2cc(N(C)c3ccncn3)c(C(N)=O)cn2)cc1. The Balaban J connectivity index is 1.89. The van der Waals surface area contributed by atoms with Crippen molar-refractivity contribution in [2.75, 3.05) is 31.4 Å². The monoisotopic (exact) mass is 391 g/mol. The van der Waals surface area contributed by atoms with E-state index in [1.165, 1.54) is 17.4 Å². The maximum atomic E-state index is 12.0. The summed E-state index contributed by atoms with van der Waals surface area (Å²) in [5.74, 6) is 0.449. The third kappa shape index (κ3) is 4.46. The Morgan fingerprint density at radius 1 is 1.03 bits per heavy atom. The van der Waals surface area contributed by atoms with E-state index in [4.69, 9.17) is 5.73 Å². The molecule has 0 aliphatic carbocycles. The Morgan fingerprint density at radius 3 is 2.34 bits per heavy atom. The number of anilines is 4. The molecule has 0 aliphatic rings. The molecule has 2 aromatic heterocycles. The van der Waals surface area contributed by atoms with Crippen molar-refractivity contribution in [1.82, 2.24) is 19.9 Å². The van der Waals surface area contributed by atoms with Crippen LogP contribution in [-0.4, -0.2) is 52.8 Å². The molecule has 2 amide bonds. The fraction of sp³-hybridized carbons (Fsp3) is 0.150. The van der Waals surface area contributed by atoms with Crippen molar-refractivity contribution in [3.05, 3.63) is 66.2 Å². The molecule has 0 saturated carbocycles. The van der Waals surface area contributed by atoms with Crippen molar-refractivity contribution < 1.29 is 9.59 Å². The zero-order valence-electron chi connectivity index (χ0n) is 16.3. The second-order valence-corrected chi connectivity index (χ2v) is 6.48. The lowest BCUT2D eigenvalue weighted by Gasteiger charge is -2.21. The predicted octanol–water partition coefficient (Wildman–Crippen LogP) is 2.18. The molecule has 9 nitrogen and oxygen atoms in total. The van der Waals surface area contributed by atoms with Crippen LogP contribution in [0, 0.1) is 0 Å². The van der Waals surface area contributed by atoms with E-state index in [1.807, 2.05) is 0 Å².